The fourth-order valence-corrected chi connectivity index (χ4v) is 1.81. The molecule has 1 aromatic rings. The number of rotatable bonds is 6. The Bertz CT molecular complexity index is 398. The highest BCUT2D eigenvalue weighted by Crippen LogP contribution is 2.17. The van der Waals surface area contributed by atoms with Gasteiger partial charge in [-0.1, -0.05) is 36.8 Å². The van der Waals surface area contributed by atoms with E-state index in [0.29, 0.717) is 11.4 Å². The third-order valence-electron chi connectivity index (χ3n) is 2.51. The smallest absolute Gasteiger partial charge is 0.141 e. The fraction of sp³-hybridized carbons (Fsp3) is 0.417. The van der Waals surface area contributed by atoms with Crippen molar-refractivity contribution in [3.8, 4) is 0 Å². The molecule has 0 radical (unpaired) electrons. The predicted molar refractivity (Wildman–Crippen MR) is 73.8 cm³/mol. The van der Waals surface area contributed by atoms with Gasteiger partial charge in [0.25, 0.3) is 0 Å². The Morgan fingerprint density at radius 1 is 1.53 bits per heavy atom. The Kier molecular flexibility index (Phi) is 5.82. The van der Waals surface area contributed by atoms with Crippen LogP contribution in [0.5, 0.6) is 0 Å². The minimum Gasteiger partial charge on any atom is -0.393 e. The summed E-state index contributed by atoms with van der Waals surface area (Å²) in [7, 11) is 0. The highest BCUT2D eigenvalue weighted by molar-refractivity contribution is 7.80. The van der Waals surface area contributed by atoms with Gasteiger partial charge in [-0.25, -0.2) is 4.39 Å². The van der Waals surface area contributed by atoms with Crippen LogP contribution in [-0.4, -0.2) is 23.0 Å². The molecule has 0 spiro atoms. The van der Waals surface area contributed by atoms with Gasteiger partial charge in [0, 0.05) is 19.5 Å². The van der Waals surface area contributed by atoms with Crippen LogP contribution in [0.1, 0.15) is 18.9 Å². The van der Waals surface area contributed by atoms with Gasteiger partial charge in [-0.2, -0.15) is 0 Å². The van der Waals surface area contributed by atoms with Crippen LogP contribution in [0.2, 0.25) is 5.02 Å². The van der Waals surface area contributed by atoms with E-state index in [4.69, 9.17) is 29.6 Å². The third kappa shape index (κ3) is 4.98. The van der Waals surface area contributed by atoms with Crippen LogP contribution in [0.3, 0.4) is 0 Å². The normalized spacial score (nSPS) is 10.8. The van der Waals surface area contributed by atoms with Crippen molar-refractivity contribution in [2.24, 2.45) is 5.73 Å². The molecule has 1 rings (SSSR count). The summed E-state index contributed by atoms with van der Waals surface area (Å²) in [5.41, 5.74) is 6.45. The van der Waals surface area contributed by atoms with Gasteiger partial charge in [-0.05, 0) is 24.2 Å². The number of benzene rings is 1. The van der Waals surface area contributed by atoms with Crippen molar-refractivity contribution in [2.45, 2.75) is 19.9 Å². The lowest BCUT2D eigenvalue weighted by Crippen LogP contribution is -2.27. The molecule has 2 nitrogen and oxygen atoms in total. The van der Waals surface area contributed by atoms with E-state index >= 15 is 0 Å². The molecular weight excluding hydrogens is 259 g/mol. The molecule has 0 saturated heterocycles. The molecule has 0 aliphatic rings. The van der Waals surface area contributed by atoms with Gasteiger partial charge in [0.05, 0.1) is 10.0 Å². The van der Waals surface area contributed by atoms with E-state index in [1.54, 1.807) is 12.1 Å². The lowest BCUT2D eigenvalue weighted by molar-refractivity contribution is 0.288. The zero-order valence-corrected chi connectivity index (χ0v) is 11.3. The molecule has 0 amide bonds. The first-order valence-corrected chi connectivity index (χ1v) is 6.26. The second-order valence-electron chi connectivity index (χ2n) is 3.83. The van der Waals surface area contributed by atoms with E-state index in [9.17, 15) is 4.39 Å². The maximum atomic E-state index is 13.0. The van der Waals surface area contributed by atoms with Gasteiger partial charge in [0.1, 0.15) is 5.82 Å². The topological polar surface area (TPSA) is 29.3 Å². The third-order valence-corrected chi connectivity index (χ3v) is 3.01. The molecule has 0 aromatic heterocycles. The average Bonchev–Trinajstić information content (AvgIpc) is 2.28. The average molecular weight is 275 g/mol. The summed E-state index contributed by atoms with van der Waals surface area (Å²) in [6, 6.07) is 4.78. The summed E-state index contributed by atoms with van der Waals surface area (Å²) >= 11 is 10.6. The lowest BCUT2D eigenvalue weighted by atomic mass is 10.2. The molecule has 0 aliphatic carbocycles. The Morgan fingerprint density at radius 3 is 2.76 bits per heavy atom. The van der Waals surface area contributed by atoms with Crippen LogP contribution in [0, 0.1) is 5.82 Å². The largest absolute Gasteiger partial charge is 0.393 e. The minimum absolute atomic E-state index is 0.160. The molecular formula is C12H16ClFN2S. The molecule has 1 aromatic carbocycles. The van der Waals surface area contributed by atoms with Crippen molar-refractivity contribution in [2.75, 3.05) is 13.1 Å². The fourth-order valence-electron chi connectivity index (χ4n) is 1.51. The highest BCUT2D eigenvalue weighted by atomic mass is 35.5. The maximum Gasteiger partial charge on any atom is 0.141 e. The highest BCUT2D eigenvalue weighted by Gasteiger charge is 2.06. The monoisotopic (exact) mass is 274 g/mol. The number of nitrogens with two attached hydrogens (primary N) is 1. The van der Waals surface area contributed by atoms with Crippen molar-refractivity contribution < 1.29 is 4.39 Å². The molecule has 0 aliphatic heterocycles. The van der Waals surface area contributed by atoms with E-state index < -0.39 is 0 Å². The van der Waals surface area contributed by atoms with Crippen LogP contribution in [0.15, 0.2) is 18.2 Å². The number of hydrogen-bond donors (Lipinski definition) is 1. The molecule has 94 valence electrons. The second-order valence-corrected chi connectivity index (χ2v) is 4.77. The molecule has 17 heavy (non-hydrogen) atoms. The maximum absolute atomic E-state index is 13.0. The van der Waals surface area contributed by atoms with Crippen LogP contribution >= 0.6 is 23.8 Å². The zero-order chi connectivity index (χ0) is 12.8. The van der Waals surface area contributed by atoms with Gasteiger partial charge in [-0.15, -0.1) is 0 Å². The summed E-state index contributed by atoms with van der Waals surface area (Å²) in [5, 5.41) is 0.160. The van der Waals surface area contributed by atoms with Crippen molar-refractivity contribution in [1.82, 2.24) is 4.90 Å². The Labute approximate surface area is 112 Å². The van der Waals surface area contributed by atoms with Crippen molar-refractivity contribution in [3.63, 3.8) is 0 Å². The molecule has 0 fully saturated rings. The van der Waals surface area contributed by atoms with E-state index in [-0.39, 0.29) is 10.8 Å². The lowest BCUT2D eigenvalue weighted by Gasteiger charge is -2.20. The van der Waals surface area contributed by atoms with Crippen LogP contribution in [0.25, 0.3) is 0 Å². The van der Waals surface area contributed by atoms with E-state index in [1.165, 1.54) is 6.07 Å². The summed E-state index contributed by atoms with van der Waals surface area (Å²) in [6.45, 7) is 4.47. The molecule has 0 saturated carbocycles. The van der Waals surface area contributed by atoms with E-state index in [2.05, 4.69) is 11.8 Å². The first kappa shape index (κ1) is 14.4. The van der Waals surface area contributed by atoms with Crippen LogP contribution in [0.4, 0.5) is 4.39 Å². The van der Waals surface area contributed by atoms with E-state index in [1.807, 2.05) is 0 Å². The number of hydrogen-bond acceptors (Lipinski definition) is 2. The van der Waals surface area contributed by atoms with Gasteiger partial charge in [0.2, 0.25) is 0 Å². The predicted octanol–water partition coefficient (Wildman–Crippen LogP) is 2.98. The molecule has 0 bridgehead atoms. The van der Waals surface area contributed by atoms with Crippen molar-refractivity contribution in [3.05, 3.63) is 34.6 Å². The quantitative estimate of drug-likeness (QED) is 0.809. The van der Waals surface area contributed by atoms with Crippen molar-refractivity contribution in [1.29, 1.82) is 0 Å². The van der Waals surface area contributed by atoms with Crippen LogP contribution < -0.4 is 5.73 Å². The van der Waals surface area contributed by atoms with Crippen molar-refractivity contribution >= 4 is 28.8 Å². The number of halogens is 2. The standard InChI is InChI=1S/C12H16ClFN2S/c1-2-16(6-5-12(15)17)8-9-3-4-11(14)10(13)7-9/h3-4,7H,2,5-6,8H2,1H3,(H2,15,17). The van der Waals surface area contributed by atoms with Gasteiger partial charge >= 0.3 is 0 Å². The zero-order valence-electron chi connectivity index (χ0n) is 9.75. The molecule has 5 heteroatoms. The summed E-state index contributed by atoms with van der Waals surface area (Å²) < 4.78 is 13.0. The first-order valence-electron chi connectivity index (χ1n) is 5.47. The molecule has 2 N–H and O–H groups in total. The summed E-state index contributed by atoms with van der Waals surface area (Å²) in [4.78, 5) is 2.70. The number of thiocarbonyl (C=S) groups is 1. The Hall–Kier alpha value is -0.710. The Morgan fingerprint density at radius 2 is 2.24 bits per heavy atom. The minimum atomic E-state index is -0.387. The summed E-state index contributed by atoms with van der Waals surface area (Å²) in [5.74, 6) is -0.387. The van der Waals surface area contributed by atoms with Gasteiger partial charge in [0.15, 0.2) is 0 Å². The van der Waals surface area contributed by atoms with E-state index in [0.717, 1.165) is 25.2 Å². The molecule has 0 atom stereocenters. The first-order chi connectivity index (χ1) is 8.02. The second kappa shape index (κ2) is 6.89. The number of nitrogens with zero attached hydrogens (tertiary/aromatic N) is 1. The SMILES string of the molecule is CCN(CCC(N)=S)Cc1ccc(F)c(Cl)c1. The van der Waals surface area contributed by atoms with Crippen LogP contribution in [-0.2, 0) is 6.54 Å². The van der Waals surface area contributed by atoms with Gasteiger partial charge < -0.3 is 5.73 Å². The van der Waals surface area contributed by atoms with Gasteiger partial charge in [-0.3, -0.25) is 4.90 Å². The molecule has 0 unspecified atom stereocenters. The summed E-state index contributed by atoms with van der Waals surface area (Å²) in [6.07, 6.45) is 0.693. The molecule has 0 heterocycles. The Balaban J connectivity index is 2.60.